The van der Waals surface area contributed by atoms with Crippen molar-refractivity contribution in [2.45, 2.75) is 64.6 Å². The van der Waals surface area contributed by atoms with Gasteiger partial charge in [0.15, 0.2) is 0 Å². The lowest BCUT2D eigenvalue weighted by Gasteiger charge is -2.42. The summed E-state index contributed by atoms with van der Waals surface area (Å²) < 4.78 is 7.56. The van der Waals surface area contributed by atoms with Gasteiger partial charge in [-0.05, 0) is 28.8 Å². The van der Waals surface area contributed by atoms with E-state index < -0.39 is 14.3 Å². The van der Waals surface area contributed by atoms with Gasteiger partial charge in [-0.15, -0.1) is 0 Å². The first kappa shape index (κ1) is 19.2. The van der Waals surface area contributed by atoms with E-state index in [2.05, 4.69) is 57.5 Å². The summed E-state index contributed by atoms with van der Waals surface area (Å²) in [5.74, 6) is -0.113. The van der Waals surface area contributed by atoms with Crippen molar-refractivity contribution in [3.63, 3.8) is 0 Å². The molecule has 0 saturated carbocycles. The van der Waals surface area contributed by atoms with Crippen LogP contribution in [0.1, 0.15) is 47.1 Å². The Morgan fingerprint density at radius 3 is 2.05 bits per heavy atom. The maximum absolute atomic E-state index is 11.1. The first-order chi connectivity index (χ1) is 10.1. The second-order valence-corrected chi connectivity index (χ2v) is 13.0. The van der Waals surface area contributed by atoms with Gasteiger partial charge in [0.25, 0.3) is 8.32 Å². The van der Waals surface area contributed by atoms with E-state index in [9.17, 15) is 4.79 Å². The molecular weight excluding hydrogens is 360 g/mol. The first-order valence-corrected chi connectivity index (χ1v) is 10.7. The van der Waals surface area contributed by atoms with Gasteiger partial charge in [0.2, 0.25) is 0 Å². The molecular formula is C17H27BrO3Si. The fourth-order valence-electron chi connectivity index (χ4n) is 3.48. The molecule has 0 radical (unpaired) electrons. The second-order valence-electron chi connectivity index (χ2n) is 6.74. The summed E-state index contributed by atoms with van der Waals surface area (Å²) in [6.45, 7) is 13.3. The molecule has 3 nitrogen and oxygen atoms in total. The van der Waals surface area contributed by atoms with Crippen molar-refractivity contribution < 1.29 is 14.3 Å². The Balaban J connectivity index is 3.34. The number of hydrogen-bond donors (Lipinski definition) is 1. The zero-order valence-corrected chi connectivity index (χ0v) is 16.9. The molecule has 0 fully saturated rings. The molecule has 0 atom stereocenters. The summed E-state index contributed by atoms with van der Waals surface area (Å²) in [6.07, 6.45) is -0.0125. The van der Waals surface area contributed by atoms with Gasteiger partial charge in [-0.1, -0.05) is 63.5 Å². The Bertz CT molecular complexity index is 505. The average Bonchev–Trinajstić information content (AvgIpc) is 2.36. The lowest BCUT2D eigenvalue weighted by Crippen LogP contribution is -2.50. The third-order valence-electron chi connectivity index (χ3n) is 4.36. The van der Waals surface area contributed by atoms with Crippen LogP contribution in [0.15, 0.2) is 22.7 Å². The topological polar surface area (TPSA) is 46.5 Å². The Morgan fingerprint density at radius 1 is 1.14 bits per heavy atom. The quantitative estimate of drug-likeness (QED) is 0.617. The lowest BCUT2D eigenvalue weighted by molar-refractivity contribution is -0.136. The number of carboxylic acids is 1. The Kier molecular flexibility index (Phi) is 6.68. The van der Waals surface area contributed by atoms with Crippen molar-refractivity contribution in [2.75, 3.05) is 0 Å². The number of carbonyl (C=O) groups is 1. The molecule has 0 aliphatic carbocycles. The van der Waals surface area contributed by atoms with E-state index in [4.69, 9.17) is 9.53 Å². The molecule has 0 amide bonds. The Morgan fingerprint density at radius 2 is 1.64 bits per heavy atom. The number of benzene rings is 1. The maximum Gasteiger partial charge on any atom is 0.307 e. The average molecular weight is 387 g/mol. The van der Waals surface area contributed by atoms with Crippen molar-refractivity contribution >= 4 is 30.2 Å². The van der Waals surface area contributed by atoms with Crippen LogP contribution in [0.2, 0.25) is 16.6 Å². The highest BCUT2D eigenvalue weighted by Gasteiger charge is 2.47. The van der Waals surface area contributed by atoms with E-state index in [0.717, 1.165) is 15.8 Å². The molecule has 0 heterocycles. The first-order valence-electron chi connectivity index (χ1n) is 7.80. The third kappa shape index (κ3) is 4.13. The normalized spacial score (nSPS) is 12.3. The minimum atomic E-state index is -2.09. The molecule has 5 heteroatoms. The molecule has 0 saturated heterocycles. The van der Waals surface area contributed by atoms with Gasteiger partial charge in [-0.25, -0.2) is 0 Å². The van der Waals surface area contributed by atoms with Gasteiger partial charge in [-0.3, -0.25) is 4.79 Å². The monoisotopic (exact) mass is 386 g/mol. The van der Waals surface area contributed by atoms with Crippen molar-refractivity contribution in [3.05, 3.63) is 28.2 Å². The molecule has 0 bridgehead atoms. The van der Waals surface area contributed by atoms with Gasteiger partial charge in [-0.2, -0.15) is 0 Å². The predicted molar refractivity (Wildman–Crippen MR) is 97.2 cm³/mol. The van der Waals surface area contributed by atoms with Crippen LogP contribution in [-0.4, -0.2) is 19.4 Å². The van der Waals surface area contributed by atoms with Crippen LogP contribution in [0.5, 0.6) is 5.75 Å². The van der Waals surface area contributed by atoms with Crippen LogP contribution in [-0.2, 0) is 11.2 Å². The molecule has 22 heavy (non-hydrogen) atoms. The van der Waals surface area contributed by atoms with Gasteiger partial charge in [0, 0.05) is 10.0 Å². The molecule has 1 aromatic carbocycles. The largest absolute Gasteiger partial charge is 0.542 e. The fraction of sp³-hybridized carbons (Fsp3) is 0.588. The highest BCUT2D eigenvalue weighted by atomic mass is 79.9. The van der Waals surface area contributed by atoms with Crippen LogP contribution >= 0.6 is 15.9 Å². The summed E-state index contributed by atoms with van der Waals surface area (Å²) >= 11 is 3.47. The molecule has 1 N–H and O–H groups in total. The number of carboxylic acid groups (broad SMARTS) is 1. The molecule has 0 aliphatic rings. The SMILES string of the molecule is CC(C)[Si](Oc1cc(Br)ccc1CC(=O)O)(C(C)C)C(C)C. The van der Waals surface area contributed by atoms with Gasteiger partial charge < -0.3 is 9.53 Å². The van der Waals surface area contributed by atoms with E-state index in [1.54, 1.807) is 0 Å². The highest BCUT2D eigenvalue weighted by molar-refractivity contribution is 9.10. The van der Waals surface area contributed by atoms with Crippen molar-refractivity contribution in [1.29, 1.82) is 0 Å². The minimum absolute atomic E-state index is 0.0125. The lowest BCUT2D eigenvalue weighted by atomic mass is 10.1. The zero-order valence-electron chi connectivity index (χ0n) is 14.3. The minimum Gasteiger partial charge on any atom is -0.542 e. The van der Waals surface area contributed by atoms with Gasteiger partial charge in [0.05, 0.1) is 6.42 Å². The highest BCUT2D eigenvalue weighted by Crippen LogP contribution is 2.43. The number of rotatable bonds is 7. The van der Waals surface area contributed by atoms with E-state index >= 15 is 0 Å². The van der Waals surface area contributed by atoms with Crippen LogP contribution in [0, 0.1) is 0 Å². The predicted octanol–water partition coefficient (Wildman–Crippen LogP) is 5.63. The van der Waals surface area contributed by atoms with Crippen LogP contribution in [0.4, 0.5) is 0 Å². The van der Waals surface area contributed by atoms with Crippen LogP contribution in [0.25, 0.3) is 0 Å². The molecule has 0 aromatic heterocycles. The smallest absolute Gasteiger partial charge is 0.307 e. The van der Waals surface area contributed by atoms with Crippen LogP contribution < -0.4 is 4.43 Å². The standard InChI is InChI=1S/C17H27BrO3Si/c1-11(2)22(12(3)4,13(5)6)21-16-10-15(18)8-7-14(16)9-17(19)20/h7-8,10-13H,9H2,1-6H3,(H,19,20). The maximum atomic E-state index is 11.1. The number of halogens is 1. The van der Waals surface area contributed by atoms with E-state index in [1.165, 1.54) is 0 Å². The number of aliphatic carboxylic acids is 1. The Hall–Kier alpha value is -0.813. The van der Waals surface area contributed by atoms with Crippen LogP contribution in [0.3, 0.4) is 0 Å². The van der Waals surface area contributed by atoms with Crippen molar-refractivity contribution in [3.8, 4) is 5.75 Å². The fourth-order valence-corrected chi connectivity index (χ4v) is 9.09. The summed E-state index contributed by atoms with van der Waals surface area (Å²) in [7, 11) is -2.09. The summed E-state index contributed by atoms with van der Waals surface area (Å²) in [5.41, 5.74) is 2.09. The Labute approximate surface area is 143 Å². The van der Waals surface area contributed by atoms with Gasteiger partial charge in [0.1, 0.15) is 5.75 Å². The van der Waals surface area contributed by atoms with E-state index in [1.807, 2.05) is 18.2 Å². The third-order valence-corrected chi connectivity index (χ3v) is 10.8. The van der Waals surface area contributed by atoms with E-state index in [0.29, 0.717) is 16.6 Å². The summed E-state index contributed by atoms with van der Waals surface area (Å²) in [6, 6.07) is 5.62. The molecule has 0 aliphatic heterocycles. The summed E-state index contributed by atoms with van der Waals surface area (Å²) in [4.78, 5) is 11.1. The van der Waals surface area contributed by atoms with Gasteiger partial charge >= 0.3 is 5.97 Å². The molecule has 1 rings (SSSR count). The second kappa shape index (κ2) is 7.64. The number of hydrogen-bond acceptors (Lipinski definition) is 2. The molecule has 0 spiro atoms. The molecule has 124 valence electrons. The van der Waals surface area contributed by atoms with Crippen molar-refractivity contribution in [1.82, 2.24) is 0 Å². The molecule has 0 unspecified atom stereocenters. The van der Waals surface area contributed by atoms with Crippen molar-refractivity contribution in [2.24, 2.45) is 0 Å². The molecule has 1 aromatic rings. The summed E-state index contributed by atoms with van der Waals surface area (Å²) in [5, 5.41) is 9.13. The van der Waals surface area contributed by atoms with E-state index in [-0.39, 0.29) is 6.42 Å². The zero-order chi connectivity index (χ0) is 17.1.